The van der Waals surface area contributed by atoms with Crippen LogP contribution in [0.15, 0.2) is 48.8 Å². The van der Waals surface area contributed by atoms with Crippen molar-refractivity contribution in [1.29, 1.82) is 0 Å². The minimum atomic E-state index is -0.284. The van der Waals surface area contributed by atoms with Gasteiger partial charge < -0.3 is 9.88 Å². The Balaban J connectivity index is 2.20. The highest BCUT2D eigenvalue weighted by atomic mass is 19.1. The molecular weight excluding hydrogens is 255 g/mol. The Kier molecular flexibility index (Phi) is 4.93. The molecule has 0 fully saturated rings. The number of rotatable bonds is 6. The van der Waals surface area contributed by atoms with Gasteiger partial charge in [-0.3, -0.25) is 4.79 Å². The van der Waals surface area contributed by atoms with Gasteiger partial charge in [0.25, 0.3) is 0 Å². The van der Waals surface area contributed by atoms with Crippen molar-refractivity contribution in [3.8, 4) is 0 Å². The van der Waals surface area contributed by atoms with Gasteiger partial charge in [0.1, 0.15) is 5.82 Å². The number of hydrogen-bond donors (Lipinski definition) is 1. The molecule has 20 heavy (non-hydrogen) atoms. The van der Waals surface area contributed by atoms with Crippen LogP contribution in [0.4, 0.5) is 4.39 Å². The van der Waals surface area contributed by atoms with E-state index in [0.29, 0.717) is 13.0 Å². The third-order valence-corrected chi connectivity index (χ3v) is 3.17. The standard InChI is InChI=1S/C16H19FN2O/c1-2-8-18-16(20)12-15(19-9-3-4-10-19)13-6-5-7-14(17)11-13/h3-7,9-11,15H,2,8,12H2,1H3,(H,18,20)/t15-/m1/s1. The molecule has 0 unspecified atom stereocenters. The molecule has 1 aromatic carbocycles. The van der Waals surface area contributed by atoms with Crippen LogP contribution in [-0.2, 0) is 4.79 Å². The van der Waals surface area contributed by atoms with Gasteiger partial charge in [-0.1, -0.05) is 19.1 Å². The fourth-order valence-corrected chi connectivity index (χ4v) is 2.18. The molecule has 1 amide bonds. The molecule has 1 heterocycles. The van der Waals surface area contributed by atoms with Gasteiger partial charge in [0.15, 0.2) is 0 Å². The average Bonchev–Trinajstić information content (AvgIpc) is 2.96. The van der Waals surface area contributed by atoms with Crippen molar-refractivity contribution in [3.63, 3.8) is 0 Å². The van der Waals surface area contributed by atoms with Crippen LogP contribution in [0.25, 0.3) is 0 Å². The van der Waals surface area contributed by atoms with E-state index in [4.69, 9.17) is 0 Å². The van der Waals surface area contributed by atoms with Crippen molar-refractivity contribution < 1.29 is 9.18 Å². The second kappa shape index (κ2) is 6.89. The first-order valence-electron chi connectivity index (χ1n) is 6.85. The predicted octanol–water partition coefficient (Wildman–Crippen LogP) is 3.13. The number of benzene rings is 1. The number of carbonyl (C=O) groups excluding carboxylic acids is 1. The van der Waals surface area contributed by atoms with Crippen molar-refractivity contribution in [1.82, 2.24) is 9.88 Å². The van der Waals surface area contributed by atoms with Gasteiger partial charge in [-0.2, -0.15) is 0 Å². The number of halogens is 1. The van der Waals surface area contributed by atoms with Gasteiger partial charge in [-0.15, -0.1) is 0 Å². The fourth-order valence-electron chi connectivity index (χ4n) is 2.18. The van der Waals surface area contributed by atoms with Crippen molar-refractivity contribution in [2.45, 2.75) is 25.8 Å². The second-order valence-electron chi connectivity index (χ2n) is 4.76. The van der Waals surface area contributed by atoms with Crippen LogP contribution >= 0.6 is 0 Å². The molecule has 2 aromatic rings. The normalized spacial score (nSPS) is 12.1. The zero-order valence-corrected chi connectivity index (χ0v) is 11.6. The molecule has 0 aliphatic carbocycles. The molecule has 1 aromatic heterocycles. The van der Waals surface area contributed by atoms with E-state index in [9.17, 15) is 9.18 Å². The molecule has 0 spiro atoms. The summed E-state index contributed by atoms with van der Waals surface area (Å²) in [7, 11) is 0. The van der Waals surface area contributed by atoms with Gasteiger partial charge in [0.2, 0.25) is 5.91 Å². The van der Waals surface area contributed by atoms with E-state index in [2.05, 4.69) is 5.32 Å². The third-order valence-electron chi connectivity index (χ3n) is 3.17. The summed E-state index contributed by atoms with van der Waals surface area (Å²) >= 11 is 0. The largest absolute Gasteiger partial charge is 0.356 e. The Bertz CT molecular complexity index is 551. The molecule has 1 atom stereocenters. The monoisotopic (exact) mass is 274 g/mol. The Labute approximate surface area is 118 Å². The van der Waals surface area contributed by atoms with Gasteiger partial charge in [-0.05, 0) is 36.2 Å². The van der Waals surface area contributed by atoms with E-state index in [-0.39, 0.29) is 17.8 Å². The summed E-state index contributed by atoms with van der Waals surface area (Å²) in [6, 6.07) is 10.0. The first-order valence-corrected chi connectivity index (χ1v) is 6.85. The molecule has 1 N–H and O–H groups in total. The van der Waals surface area contributed by atoms with Crippen molar-refractivity contribution in [2.75, 3.05) is 6.54 Å². The van der Waals surface area contributed by atoms with Crippen molar-refractivity contribution >= 4 is 5.91 Å². The summed E-state index contributed by atoms with van der Waals surface area (Å²) in [6.07, 6.45) is 4.99. The maximum Gasteiger partial charge on any atom is 0.222 e. The number of nitrogens with one attached hydrogen (secondary N) is 1. The van der Waals surface area contributed by atoms with Crippen molar-refractivity contribution in [2.24, 2.45) is 0 Å². The van der Waals surface area contributed by atoms with Crippen LogP contribution < -0.4 is 5.32 Å². The van der Waals surface area contributed by atoms with Crippen LogP contribution in [0.2, 0.25) is 0 Å². The third kappa shape index (κ3) is 3.70. The first kappa shape index (κ1) is 14.3. The van der Waals surface area contributed by atoms with E-state index in [1.165, 1.54) is 12.1 Å². The molecule has 0 bridgehead atoms. The zero-order valence-electron chi connectivity index (χ0n) is 11.6. The fraction of sp³-hybridized carbons (Fsp3) is 0.312. The van der Waals surface area contributed by atoms with Crippen LogP contribution in [0.3, 0.4) is 0 Å². The molecule has 3 nitrogen and oxygen atoms in total. The molecule has 2 rings (SSSR count). The number of aromatic nitrogens is 1. The summed E-state index contributed by atoms with van der Waals surface area (Å²) in [6.45, 7) is 2.68. The maximum absolute atomic E-state index is 13.4. The number of amides is 1. The predicted molar refractivity (Wildman–Crippen MR) is 76.9 cm³/mol. The molecule has 0 saturated carbocycles. The molecule has 106 valence electrons. The Morgan fingerprint density at radius 3 is 2.70 bits per heavy atom. The summed E-state index contributed by atoms with van der Waals surface area (Å²) in [5.41, 5.74) is 0.799. The van der Waals surface area contributed by atoms with Crippen LogP contribution in [-0.4, -0.2) is 17.0 Å². The van der Waals surface area contributed by atoms with Crippen molar-refractivity contribution in [3.05, 3.63) is 60.2 Å². The summed E-state index contributed by atoms with van der Waals surface area (Å²) in [5.74, 6) is -0.302. The smallest absolute Gasteiger partial charge is 0.222 e. The first-order chi connectivity index (χ1) is 9.70. The lowest BCUT2D eigenvalue weighted by molar-refractivity contribution is -0.121. The lowest BCUT2D eigenvalue weighted by Gasteiger charge is -2.19. The van der Waals surface area contributed by atoms with E-state index < -0.39 is 0 Å². The Hall–Kier alpha value is -2.10. The lowest BCUT2D eigenvalue weighted by Crippen LogP contribution is -2.27. The molecular formula is C16H19FN2O. The summed E-state index contributed by atoms with van der Waals surface area (Å²) in [4.78, 5) is 11.9. The molecule has 0 aliphatic rings. The van der Waals surface area contributed by atoms with Gasteiger partial charge in [-0.25, -0.2) is 4.39 Å². The molecule has 0 radical (unpaired) electrons. The summed E-state index contributed by atoms with van der Waals surface area (Å²) in [5, 5.41) is 2.86. The lowest BCUT2D eigenvalue weighted by atomic mass is 10.0. The minimum Gasteiger partial charge on any atom is -0.356 e. The molecule has 4 heteroatoms. The van der Waals surface area contributed by atoms with Gasteiger partial charge in [0.05, 0.1) is 12.5 Å². The van der Waals surface area contributed by atoms with Crippen LogP contribution in [0, 0.1) is 5.82 Å². The number of carbonyl (C=O) groups is 1. The highest BCUT2D eigenvalue weighted by molar-refractivity contribution is 5.76. The topological polar surface area (TPSA) is 34.0 Å². The summed E-state index contributed by atoms with van der Waals surface area (Å²) < 4.78 is 15.3. The Morgan fingerprint density at radius 2 is 2.05 bits per heavy atom. The highest BCUT2D eigenvalue weighted by Crippen LogP contribution is 2.23. The Morgan fingerprint density at radius 1 is 1.30 bits per heavy atom. The zero-order chi connectivity index (χ0) is 14.4. The highest BCUT2D eigenvalue weighted by Gasteiger charge is 2.17. The van der Waals surface area contributed by atoms with E-state index >= 15 is 0 Å². The maximum atomic E-state index is 13.4. The minimum absolute atomic E-state index is 0.0187. The van der Waals surface area contributed by atoms with Crippen LogP contribution in [0.5, 0.6) is 0 Å². The number of nitrogens with zero attached hydrogens (tertiary/aromatic N) is 1. The molecule has 0 aliphatic heterocycles. The quantitative estimate of drug-likeness (QED) is 0.862. The average molecular weight is 274 g/mol. The number of hydrogen-bond acceptors (Lipinski definition) is 1. The van der Waals surface area contributed by atoms with E-state index in [1.807, 2.05) is 42.1 Å². The van der Waals surface area contributed by atoms with Crippen LogP contribution in [0.1, 0.15) is 31.4 Å². The van der Waals surface area contributed by atoms with Gasteiger partial charge >= 0.3 is 0 Å². The van der Waals surface area contributed by atoms with E-state index in [0.717, 1.165) is 12.0 Å². The van der Waals surface area contributed by atoms with Gasteiger partial charge in [0, 0.05) is 18.9 Å². The van der Waals surface area contributed by atoms with E-state index in [1.54, 1.807) is 6.07 Å². The second-order valence-corrected chi connectivity index (χ2v) is 4.76. The molecule has 0 saturated heterocycles. The SMILES string of the molecule is CCCNC(=O)C[C@H](c1cccc(F)c1)n1cccc1.